The van der Waals surface area contributed by atoms with Crippen molar-refractivity contribution in [1.82, 2.24) is 0 Å². The first-order valence-electron chi connectivity index (χ1n) is 14.3. The minimum Gasteiger partial charge on any atom is -0.465 e. The summed E-state index contributed by atoms with van der Waals surface area (Å²) >= 11 is 1.42. The van der Waals surface area contributed by atoms with Crippen LogP contribution in [0.15, 0.2) is 120 Å². The fourth-order valence-corrected chi connectivity index (χ4v) is 6.54. The zero-order chi connectivity index (χ0) is 29.4. The summed E-state index contributed by atoms with van der Waals surface area (Å²) < 4.78 is 37.9. The van der Waals surface area contributed by atoms with Crippen molar-refractivity contribution in [2.75, 3.05) is 13.7 Å². The Hall–Kier alpha value is -3.50. The van der Waals surface area contributed by atoms with Crippen LogP contribution in [-0.4, -0.2) is 49.5 Å². The van der Waals surface area contributed by atoms with E-state index in [1.165, 1.54) is 18.9 Å². The van der Waals surface area contributed by atoms with E-state index in [0.717, 1.165) is 21.6 Å². The first-order valence-corrected chi connectivity index (χ1v) is 15.2. The highest BCUT2D eigenvalue weighted by Gasteiger charge is 2.51. The van der Waals surface area contributed by atoms with Gasteiger partial charge in [0, 0.05) is 10.5 Å². The van der Waals surface area contributed by atoms with E-state index in [1.54, 1.807) is 6.07 Å². The lowest BCUT2D eigenvalue weighted by atomic mass is 9.98. The molecule has 0 aliphatic carbocycles. The number of esters is 1. The third kappa shape index (κ3) is 7.18. The second-order valence-corrected chi connectivity index (χ2v) is 11.5. The van der Waals surface area contributed by atoms with E-state index < -0.39 is 42.1 Å². The van der Waals surface area contributed by atoms with Crippen molar-refractivity contribution in [3.05, 3.63) is 138 Å². The van der Waals surface area contributed by atoms with Crippen LogP contribution in [0.4, 0.5) is 0 Å². The SMILES string of the molecule is COC(=O)c1ccccc1S[C@@H]1O[C@@H]2CO[C@H](c3ccccc3)O[C@@H]2[C@H](OCc2ccccc2)[C@H]1OCc1ccccc1. The highest BCUT2D eigenvalue weighted by molar-refractivity contribution is 8.00. The van der Waals surface area contributed by atoms with Crippen LogP contribution in [0.3, 0.4) is 0 Å². The molecule has 2 saturated heterocycles. The van der Waals surface area contributed by atoms with Crippen LogP contribution in [0, 0.1) is 0 Å². The number of carbonyl (C=O) groups excluding carboxylic acids is 1. The molecule has 0 radical (unpaired) electrons. The van der Waals surface area contributed by atoms with Crippen LogP contribution in [-0.2, 0) is 41.6 Å². The largest absolute Gasteiger partial charge is 0.465 e. The molecule has 6 rings (SSSR count). The molecule has 222 valence electrons. The maximum atomic E-state index is 12.6. The number of hydrogen-bond donors (Lipinski definition) is 0. The molecule has 43 heavy (non-hydrogen) atoms. The highest BCUT2D eigenvalue weighted by Crippen LogP contribution is 2.42. The van der Waals surface area contributed by atoms with Crippen LogP contribution >= 0.6 is 11.8 Å². The molecule has 6 atom stereocenters. The molecular formula is C35H34O7S. The van der Waals surface area contributed by atoms with Crippen molar-refractivity contribution in [3.63, 3.8) is 0 Å². The van der Waals surface area contributed by atoms with Gasteiger partial charge in [-0.3, -0.25) is 0 Å². The summed E-state index contributed by atoms with van der Waals surface area (Å²) in [5.74, 6) is -0.412. The van der Waals surface area contributed by atoms with Gasteiger partial charge in [-0.05, 0) is 23.3 Å². The molecule has 7 nitrogen and oxygen atoms in total. The van der Waals surface area contributed by atoms with Crippen molar-refractivity contribution in [2.45, 2.75) is 54.3 Å². The lowest BCUT2D eigenvalue weighted by Crippen LogP contribution is -2.62. The van der Waals surface area contributed by atoms with Crippen LogP contribution in [0.2, 0.25) is 0 Å². The van der Waals surface area contributed by atoms with E-state index in [4.69, 9.17) is 28.4 Å². The van der Waals surface area contributed by atoms with Crippen molar-refractivity contribution in [3.8, 4) is 0 Å². The van der Waals surface area contributed by atoms with Crippen molar-refractivity contribution in [1.29, 1.82) is 0 Å². The first-order chi connectivity index (χ1) is 21.2. The topological polar surface area (TPSA) is 72.5 Å². The third-order valence-electron chi connectivity index (χ3n) is 7.46. The summed E-state index contributed by atoms with van der Waals surface area (Å²) in [7, 11) is 1.38. The number of hydrogen-bond acceptors (Lipinski definition) is 8. The fourth-order valence-electron chi connectivity index (χ4n) is 5.29. The van der Waals surface area contributed by atoms with Crippen molar-refractivity contribution < 1.29 is 33.2 Å². The Labute approximate surface area is 256 Å². The quantitative estimate of drug-likeness (QED) is 0.190. The van der Waals surface area contributed by atoms with Gasteiger partial charge in [-0.1, -0.05) is 115 Å². The van der Waals surface area contributed by atoms with Gasteiger partial charge in [0.1, 0.15) is 29.9 Å². The van der Waals surface area contributed by atoms with Crippen LogP contribution in [0.5, 0.6) is 0 Å². The van der Waals surface area contributed by atoms with Gasteiger partial charge in [-0.15, -0.1) is 0 Å². The van der Waals surface area contributed by atoms with Gasteiger partial charge in [-0.2, -0.15) is 0 Å². The highest BCUT2D eigenvalue weighted by atomic mass is 32.2. The van der Waals surface area contributed by atoms with E-state index >= 15 is 0 Å². The van der Waals surface area contributed by atoms with E-state index in [1.807, 2.05) is 109 Å². The Morgan fingerprint density at radius 1 is 0.744 bits per heavy atom. The molecule has 0 saturated carbocycles. The Morgan fingerprint density at radius 3 is 1.98 bits per heavy atom. The number of methoxy groups -OCH3 is 1. The second kappa shape index (κ2) is 14.3. The summed E-state index contributed by atoms with van der Waals surface area (Å²) in [6.45, 7) is 1.04. The first kappa shape index (κ1) is 29.6. The van der Waals surface area contributed by atoms with Crippen LogP contribution in [0.1, 0.15) is 33.3 Å². The van der Waals surface area contributed by atoms with Gasteiger partial charge < -0.3 is 28.4 Å². The average Bonchev–Trinajstić information content (AvgIpc) is 3.07. The Bertz CT molecular complexity index is 1450. The van der Waals surface area contributed by atoms with E-state index in [9.17, 15) is 4.79 Å². The summed E-state index contributed by atoms with van der Waals surface area (Å²) in [4.78, 5) is 13.3. The molecule has 0 amide bonds. The van der Waals surface area contributed by atoms with Crippen molar-refractivity contribution in [2.24, 2.45) is 0 Å². The minimum absolute atomic E-state index is 0.316. The predicted octanol–water partition coefficient (Wildman–Crippen LogP) is 6.58. The molecule has 0 aromatic heterocycles. The molecule has 2 heterocycles. The maximum absolute atomic E-state index is 12.6. The molecule has 0 spiro atoms. The number of fused-ring (bicyclic) bond motifs is 1. The van der Waals surface area contributed by atoms with Gasteiger partial charge in [0.2, 0.25) is 0 Å². The zero-order valence-corrected chi connectivity index (χ0v) is 24.6. The Kier molecular flexibility index (Phi) is 9.84. The smallest absolute Gasteiger partial charge is 0.338 e. The predicted molar refractivity (Wildman–Crippen MR) is 162 cm³/mol. The molecule has 4 aromatic carbocycles. The van der Waals surface area contributed by atoms with Gasteiger partial charge >= 0.3 is 5.97 Å². The maximum Gasteiger partial charge on any atom is 0.338 e. The van der Waals surface area contributed by atoms with E-state index in [0.29, 0.717) is 25.4 Å². The van der Waals surface area contributed by atoms with Gasteiger partial charge in [0.25, 0.3) is 0 Å². The van der Waals surface area contributed by atoms with E-state index in [-0.39, 0.29) is 0 Å². The number of ether oxygens (including phenoxy) is 6. The molecule has 8 heteroatoms. The summed E-state index contributed by atoms with van der Waals surface area (Å²) in [5, 5.41) is 0. The molecule has 2 aliphatic heterocycles. The monoisotopic (exact) mass is 598 g/mol. The van der Waals surface area contributed by atoms with Gasteiger partial charge in [0.15, 0.2) is 6.29 Å². The molecule has 0 unspecified atom stereocenters. The Balaban J connectivity index is 1.33. The summed E-state index contributed by atoms with van der Waals surface area (Å²) in [5.41, 5.74) is 2.93. The molecule has 0 bridgehead atoms. The number of carbonyl (C=O) groups is 1. The normalized spacial score (nSPS) is 25.0. The fraction of sp³-hybridized carbons (Fsp3) is 0.286. The molecule has 0 N–H and O–H groups in total. The van der Waals surface area contributed by atoms with Gasteiger partial charge in [-0.25, -0.2) is 4.79 Å². The minimum atomic E-state index is -0.562. The van der Waals surface area contributed by atoms with Gasteiger partial charge in [0.05, 0.1) is 32.5 Å². The molecule has 2 fully saturated rings. The second-order valence-electron chi connectivity index (χ2n) is 10.3. The summed E-state index contributed by atoms with van der Waals surface area (Å²) in [6, 6.07) is 37.3. The zero-order valence-electron chi connectivity index (χ0n) is 23.8. The van der Waals surface area contributed by atoms with Crippen molar-refractivity contribution >= 4 is 17.7 Å². The standard InChI is InChI=1S/C35H34O7S/c1-37-33(36)27-19-11-12-20-29(27)43-35-32(39-22-25-15-7-3-8-16-25)31(38-21-24-13-5-2-6-14-24)30-28(41-35)23-40-34(42-30)26-17-9-4-10-18-26/h2-20,28,30-32,34-35H,21-23H2,1H3/t28-,30+,31+,32-,34+,35+/m1/s1. The number of thioether (sulfide) groups is 1. The lowest BCUT2D eigenvalue weighted by Gasteiger charge is -2.49. The third-order valence-corrected chi connectivity index (χ3v) is 8.68. The molecule has 4 aromatic rings. The lowest BCUT2D eigenvalue weighted by molar-refractivity contribution is -0.329. The van der Waals surface area contributed by atoms with Crippen LogP contribution < -0.4 is 0 Å². The van der Waals surface area contributed by atoms with E-state index in [2.05, 4.69) is 0 Å². The summed E-state index contributed by atoms with van der Waals surface area (Å²) in [6.07, 6.45) is -2.49. The average molecular weight is 599 g/mol. The molecule has 2 aliphatic rings. The Morgan fingerprint density at radius 2 is 1.33 bits per heavy atom. The number of rotatable bonds is 10. The van der Waals surface area contributed by atoms with Crippen LogP contribution in [0.25, 0.3) is 0 Å². The molecular weight excluding hydrogens is 564 g/mol. The number of benzene rings is 4.